The van der Waals surface area contributed by atoms with E-state index in [2.05, 4.69) is 63.2 Å². The zero-order valence-corrected chi connectivity index (χ0v) is 14.7. The average Bonchev–Trinajstić information content (AvgIpc) is 3.19. The lowest BCUT2D eigenvalue weighted by molar-refractivity contribution is 0.253. The van der Waals surface area contributed by atoms with Gasteiger partial charge in [0.15, 0.2) is 0 Å². The highest BCUT2D eigenvalue weighted by molar-refractivity contribution is 9.11. The second-order valence-corrected chi connectivity index (χ2v) is 7.08. The first-order valence-electron chi connectivity index (χ1n) is 6.94. The van der Waals surface area contributed by atoms with Crippen LogP contribution in [-0.2, 0) is 6.54 Å². The molecule has 4 heteroatoms. The van der Waals surface area contributed by atoms with Gasteiger partial charge in [-0.15, -0.1) is 0 Å². The topological polar surface area (TPSA) is 21.3 Å². The van der Waals surface area contributed by atoms with Gasteiger partial charge in [-0.2, -0.15) is 0 Å². The van der Waals surface area contributed by atoms with Crippen LogP contribution in [0.2, 0.25) is 0 Å². The van der Waals surface area contributed by atoms with Gasteiger partial charge in [-0.25, -0.2) is 0 Å². The molecule has 1 saturated carbocycles. The molecule has 1 N–H and O–H groups in total. The molecule has 0 radical (unpaired) electrons. The van der Waals surface area contributed by atoms with E-state index in [1.165, 1.54) is 18.4 Å². The minimum absolute atomic E-state index is 0.579. The Morgan fingerprint density at radius 2 is 1.95 bits per heavy atom. The number of halogens is 2. The zero-order chi connectivity index (χ0) is 13.8. The van der Waals surface area contributed by atoms with E-state index in [-0.39, 0.29) is 0 Å². The summed E-state index contributed by atoms with van der Waals surface area (Å²) in [6.07, 6.45) is 3.77. The largest absolute Gasteiger partial charge is 0.491 e. The van der Waals surface area contributed by atoms with E-state index in [9.17, 15) is 0 Å². The standard InChI is InChI=1S/C15H21Br2NO/c1-3-10(2)9-19-15-13(16)6-11(7-14(15)17)8-18-12-4-5-12/h6-7,10,12,18H,3-5,8-9H2,1-2H3. The third-order valence-electron chi connectivity index (χ3n) is 3.44. The molecule has 0 bridgehead atoms. The van der Waals surface area contributed by atoms with Crippen molar-refractivity contribution >= 4 is 31.9 Å². The molecule has 2 rings (SSSR count). The van der Waals surface area contributed by atoms with Gasteiger partial charge in [0.2, 0.25) is 0 Å². The molecular formula is C15H21Br2NO. The molecule has 0 amide bonds. The molecule has 2 nitrogen and oxygen atoms in total. The van der Waals surface area contributed by atoms with Gasteiger partial charge in [0.1, 0.15) is 5.75 Å². The Morgan fingerprint density at radius 1 is 1.32 bits per heavy atom. The van der Waals surface area contributed by atoms with E-state index in [0.29, 0.717) is 5.92 Å². The predicted octanol–water partition coefficient (Wildman–Crippen LogP) is 4.89. The maximum Gasteiger partial charge on any atom is 0.147 e. The molecule has 1 aromatic rings. The number of benzene rings is 1. The van der Waals surface area contributed by atoms with Gasteiger partial charge in [0.25, 0.3) is 0 Å². The summed E-state index contributed by atoms with van der Waals surface area (Å²) < 4.78 is 7.95. The molecule has 0 aliphatic heterocycles. The van der Waals surface area contributed by atoms with Gasteiger partial charge in [-0.05, 0) is 68.3 Å². The fraction of sp³-hybridized carbons (Fsp3) is 0.600. The van der Waals surface area contributed by atoms with Gasteiger partial charge < -0.3 is 10.1 Å². The van der Waals surface area contributed by atoms with E-state index in [1.807, 2.05) is 0 Å². The second-order valence-electron chi connectivity index (χ2n) is 5.37. The SMILES string of the molecule is CCC(C)COc1c(Br)cc(CNC2CC2)cc1Br. The maximum atomic E-state index is 5.90. The number of ether oxygens (including phenoxy) is 1. The van der Waals surface area contributed by atoms with Gasteiger partial charge in [-0.1, -0.05) is 20.3 Å². The molecule has 1 fully saturated rings. The summed E-state index contributed by atoms with van der Waals surface area (Å²) in [4.78, 5) is 0. The van der Waals surface area contributed by atoms with Crippen molar-refractivity contribution in [1.29, 1.82) is 0 Å². The van der Waals surface area contributed by atoms with Gasteiger partial charge in [0, 0.05) is 12.6 Å². The van der Waals surface area contributed by atoms with E-state index in [0.717, 1.165) is 40.3 Å². The number of hydrogen-bond donors (Lipinski definition) is 1. The van der Waals surface area contributed by atoms with Crippen molar-refractivity contribution < 1.29 is 4.74 Å². The van der Waals surface area contributed by atoms with Crippen molar-refractivity contribution in [1.82, 2.24) is 5.32 Å². The molecule has 1 aliphatic carbocycles. The summed E-state index contributed by atoms with van der Waals surface area (Å²) in [5.74, 6) is 1.49. The highest BCUT2D eigenvalue weighted by atomic mass is 79.9. The monoisotopic (exact) mass is 389 g/mol. The van der Waals surface area contributed by atoms with Crippen molar-refractivity contribution in [2.75, 3.05) is 6.61 Å². The predicted molar refractivity (Wildman–Crippen MR) is 86.7 cm³/mol. The summed E-state index contributed by atoms with van der Waals surface area (Å²) in [5.41, 5.74) is 1.28. The Labute approximate surface area is 132 Å². The van der Waals surface area contributed by atoms with Crippen molar-refractivity contribution in [3.05, 3.63) is 26.6 Å². The molecule has 0 heterocycles. The second kappa shape index (κ2) is 7.09. The van der Waals surface area contributed by atoms with Crippen LogP contribution in [0.15, 0.2) is 21.1 Å². The summed E-state index contributed by atoms with van der Waals surface area (Å²) in [7, 11) is 0. The number of nitrogens with one attached hydrogen (secondary N) is 1. The molecule has 1 aromatic carbocycles. The molecule has 1 atom stereocenters. The molecule has 1 aliphatic rings. The van der Waals surface area contributed by atoms with Gasteiger partial charge in [-0.3, -0.25) is 0 Å². The van der Waals surface area contributed by atoms with Crippen LogP contribution in [0.5, 0.6) is 5.75 Å². The summed E-state index contributed by atoms with van der Waals surface area (Å²) in [6, 6.07) is 5.02. The Hall–Kier alpha value is -0.0600. The summed E-state index contributed by atoms with van der Waals surface area (Å²) in [5, 5.41) is 3.52. The molecule has 19 heavy (non-hydrogen) atoms. The first-order chi connectivity index (χ1) is 9.10. The summed E-state index contributed by atoms with van der Waals surface area (Å²) in [6.45, 7) is 6.07. The van der Waals surface area contributed by atoms with Crippen LogP contribution in [0.4, 0.5) is 0 Å². The normalized spacial score (nSPS) is 16.4. The van der Waals surface area contributed by atoms with Crippen LogP contribution in [-0.4, -0.2) is 12.6 Å². The Morgan fingerprint density at radius 3 is 2.47 bits per heavy atom. The lowest BCUT2D eigenvalue weighted by Gasteiger charge is -2.15. The summed E-state index contributed by atoms with van der Waals surface area (Å²) >= 11 is 7.22. The average molecular weight is 391 g/mol. The van der Waals surface area contributed by atoms with Crippen LogP contribution in [0.3, 0.4) is 0 Å². The highest BCUT2D eigenvalue weighted by Crippen LogP contribution is 2.35. The number of rotatable bonds is 7. The van der Waals surface area contributed by atoms with Crippen LogP contribution >= 0.6 is 31.9 Å². The first-order valence-corrected chi connectivity index (χ1v) is 8.52. The Kier molecular flexibility index (Phi) is 5.72. The van der Waals surface area contributed by atoms with Crippen molar-refractivity contribution in [3.63, 3.8) is 0 Å². The third kappa shape index (κ3) is 4.76. The van der Waals surface area contributed by atoms with Crippen LogP contribution in [0.1, 0.15) is 38.7 Å². The van der Waals surface area contributed by atoms with E-state index in [4.69, 9.17) is 4.74 Å². The molecule has 1 unspecified atom stereocenters. The van der Waals surface area contributed by atoms with E-state index >= 15 is 0 Å². The van der Waals surface area contributed by atoms with Crippen molar-refractivity contribution in [2.24, 2.45) is 5.92 Å². The van der Waals surface area contributed by atoms with Crippen molar-refractivity contribution in [2.45, 2.75) is 45.7 Å². The van der Waals surface area contributed by atoms with Gasteiger partial charge in [0.05, 0.1) is 15.6 Å². The van der Waals surface area contributed by atoms with Crippen LogP contribution in [0, 0.1) is 5.92 Å². The molecule has 106 valence electrons. The fourth-order valence-electron chi connectivity index (χ4n) is 1.75. The van der Waals surface area contributed by atoms with E-state index in [1.54, 1.807) is 0 Å². The minimum Gasteiger partial charge on any atom is -0.491 e. The van der Waals surface area contributed by atoms with Crippen molar-refractivity contribution in [3.8, 4) is 5.75 Å². The maximum absolute atomic E-state index is 5.90. The molecule has 0 aromatic heterocycles. The Bertz CT molecular complexity index is 409. The number of hydrogen-bond acceptors (Lipinski definition) is 2. The highest BCUT2D eigenvalue weighted by Gasteiger charge is 2.20. The third-order valence-corrected chi connectivity index (χ3v) is 4.62. The lowest BCUT2D eigenvalue weighted by atomic mass is 10.1. The molecule has 0 spiro atoms. The van der Waals surface area contributed by atoms with Gasteiger partial charge >= 0.3 is 0 Å². The lowest BCUT2D eigenvalue weighted by Crippen LogP contribution is -2.15. The quantitative estimate of drug-likeness (QED) is 0.715. The van der Waals surface area contributed by atoms with Crippen LogP contribution < -0.4 is 10.1 Å². The van der Waals surface area contributed by atoms with E-state index < -0.39 is 0 Å². The smallest absolute Gasteiger partial charge is 0.147 e. The zero-order valence-electron chi connectivity index (χ0n) is 11.5. The molecule has 0 saturated heterocycles. The molecular weight excluding hydrogens is 370 g/mol. The first kappa shape index (κ1) is 15.3. The fourth-order valence-corrected chi connectivity index (χ4v) is 3.26. The Balaban J connectivity index is 1.98. The minimum atomic E-state index is 0.579. The van der Waals surface area contributed by atoms with Crippen LogP contribution in [0.25, 0.3) is 0 Å².